The van der Waals surface area contributed by atoms with Crippen LogP contribution in [0.4, 0.5) is 13.2 Å². The Kier molecular flexibility index (Phi) is 11.2. The first kappa shape index (κ1) is 35.3. The highest BCUT2D eigenvalue weighted by molar-refractivity contribution is 6.36. The van der Waals surface area contributed by atoms with Crippen molar-refractivity contribution in [2.24, 2.45) is 22.2 Å². The molecule has 0 radical (unpaired) electrons. The molecular weight excluding hydrogens is 619 g/mol. The highest BCUT2D eigenvalue weighted by atomic mass is 35.5. The summed E-state index contributed by atoms with van der Waals surface area (Å²) in [4.78, 5) is 25.3. The number of nitrogens with zero attached hydrogens (tertiary/aromatic N) is 2. The number of carbonyl (C=O) groups is 2. The quantitative estimate of drug-likeness (QED) is 0.106. The van der Waals surface area contributed by atoms with E-state index in [1.807, 2.05) is 4.57 Å². The molecule has 15 heteroatoms. The van der Waals surface area contributed by atoms with E-state index in [4.69, 9.17) is 48.2 Å². The van der Waals surface area contributed by atoms with Gasteiger partial charge in [-0.05, 0) is 69.0 Å². The highest BCUT2D eigenvalue weighted by Gasteiger charge is 2.47. The molecule has 0 saturated heterocycles. The van der Waals surface area contributed by atoms with Crippen LogP contribution in [0.1, 0.15) is 62.8 Å². The fourth-order valence-corrected chi connectivity index (χ4v) is 5.69. The molecule has 8 N–H and O–H groups in total. The molecule has 1 aliphatic rings. The van der Waals surface area contributed by atoms with Gasteiger partial charge in [0.15, 0.2) is 5.96 Å². The lowest BCUT2D eigenvalue weighted by Gasteiger charge is -2.31. The fourth-order valence-electron chi connectivity index (χ4n) is 5.30. The molecule has 0 aliphatic carbocycles. The van der Waals surface area contributed by atoms with Gasteiger partial charge in [0.2, 0.25) is 0 Å². The first-order chi connectivity index (χ1) is 21.0. The number of carboxylic acid groups (broad SMARTS) is 2. The Morgan fingerprint density at radius 1 is 1.16 bits per heavy atom. The Hall–Kier alpha value is -4.17. The van der Waals surface area contributed by atoms with Crippen molar-refractivity contribution in [1.82, 2.24) is 4.57 Å². The predicted octanol–water partition coefficient (Wildman–Crippen LogP) is 5.09. The molecule has 11 nitrogen and oxygen atoms in total. The molecule has 2 atom stereocenters. The van der Waals surface area contributed by atoms with Crippen LogP contribution >= 0.6 is 11.6 Å². The summed E-state index contributed by atoms with van der Waals surface area (Å²) in [7, 11) is 0. The zero-order valence-corrected chi connectivity index (χ0v) is 25.8. The Morgan fingerprint density at radius 2 is 1.82 bits per heavy atom. The molecule has 45 heavy (non-hydrogen) atoms. The van der Waals surface area contributed by atoms with Gasteiger partial charge in [-0.2, -0.15) is 13.2 Å². The number of benzene rings is 2. The number of fused-ring (bicyclic) bond motifs is 3. The second-order valence-electron chi connectivity index (χ2n) is 10.9. The minimum Gasteiger partial charge on any atom is -0.490 e. The minimum absolute atomic E-state index is 0.0806. The van der Waals surface area contributed by atoms with Crippen LogP contribution in [0, 0.1) is 0 Å². The Bertz CT molecular complexity index is 1570. The minimum atomic E-state index is -4.59. The van der Waals surface area contributed by atoms with E-state index in [2.05, 4.69) is 4.99 Å². The molecule has 2 aromatic carbocycles. The first-order valence-electron chi connectivity index (χ1n) is 14.0. The zero-order chi connectivity index (χ0) is 33.7. The maximum Gasteiger partial charge on any atom is 0.419 e. The lowest BCUT2D eigenvalue weighted by atomic mass is 9.78. The number of hydrogen-bond acceptors (Lipinski definition) is 6. The van der Waals surface area contributed by atoms with Crippen LogP contribution < -0.4 is 26.7 Å². The van der Waals surface area contributed by atoms with Crippen molar-refractivity contribution in [3.05, 3.63) is 58.2 Å². The third-order valence-electron chi connectivity index (χ3n) is 7.16. The molecule has 2 heterocycles. The van der Waals surface area contributed by atoms with Gasteiger partial charge >= 0.3 is 12.1 Å². The molecule has 4 rings (SSSR count). The molecule has 0 bridgehead atoms. The van der Waals surface area contributed by atoms with E-state index in [1.54, 1.807) is 32.0 Å². The number of nitrogens with two attached hydrogens (primary N) is 3. The van der Waals surface area contributed by atoms with Gasteiger partial charge in [-0.15, -0.1) is 0 Å². The van der Waals surface area contributed by atoms with Crippen LogP contribution in [-0.4, -0.2) is 50.9 Å². The van der Waals surface area contributed by atoms with Gasteiger partial charge in [0.1, 0.15) is 23.6 Å². The van der Waals surface area contributed by atoms with Crippen molar-refractivity contribution >= 4 is 40.4 Å². The molecule has 1 aromatic heterocycles. The van der Waals surface area contributed by atoms with Crippen LogP contribution in [0.2, 0.25) is 5.02 Å². The number of hydrogen-bond donors (Lipinski definition) is 5. The second kappa shape index (κ2) is 14.3. The summed E-state index contributed by atoms with van der Waals surface area (Å²) in [5.41, 5.74) is 16.5. The SMILES string of the molecule is CC(=O)O.CC(C)Oc1ccc(COc2ccc3c(c2)c(Cl)c2n3CCC2[C@](N)(CCCN=C(N)N)C(=O)O)cc1C(F)(F)F. The number of alkyl halides is 3. The van der Waals surface area contributed by atoms with Gasteiger partial charge in [-0.3, -0.25) is 14.6 Å². The molecule has 1 aliphatic heterocycles. The summed E-state index contributed by atoms with van der Waals surface area (Å²) >= 11 is 6.81. The monoisotopic (exact) mass is 655 g/mol. The zero-order valence-electron chi connectivity index (χ0n) is 25.0. The number of aromatic nitrogens is 1. The number of guanidine groups is 1. The number of aliphatic carboxylic acids is 2. The molecule has 0 saturated carbocycles. The summed E-state index contributed by atoms with van der Waals surface area (Å²) in [5, 5.41) is 18.5. The molecular formula is C30H37ClF3N5O6. The van der Waals surface area contributed by atoms with Gasteiger partial charge in [0.25, 0.3) is 5.97 Å². The largest absolute Gasteiger partial charge is 0.490 e. The maximum atomic E-state index is 13.6. The van der Waals surface area contributed by atoms with E-state index < -0.39 is 41.2 Å². The number of halogens is 4. The molecule has 246 valence electrons. The van der Waals surface area contributed by atoms with Crippen molar-refractivity contribution in [2.75, 3.05) is 6.54 Å². The molecule has 1 unspecified atom stereocenters. The molecule has 0 amide bonds. The fraction of sp³-hybridized carbons (Fsp3) is 0.433. The van der Waals surface area contributed by atoms with E-state index in [0.717, 1.165) is 18.5 Å². The summed E-state index contributed by atoms with van der Waals surface area (Å²) in [5.74, 6) is -2.46. The topological polar surface area (TPSA) is 188 Å². The molecule has 0 spiro atoms. The van der Waals surface area contributed by atoms with Crippen molar-refractivity contribution < 1.29 is 42.4 Å². The van der Waals surface area contributed by atoms with E-state index in [9.17, 15) is 23.1 Å². The summed E-state index contributed by atoms with van der Waals surface area (Å²) in [6, 6.07) is 9.01. The van der Waals surface area contributed by atoms with Gasteiger partial charge in [-0.1, -0.05) is 17.7 Å². The normalized spacial score (nSPS) is 15.5. The highest BCUT2D eigenvalue weighted by Crippen LogP contribution is 2.47. The standard InChI is InChI=1S/C28H33ClF3N5O4.C2H4O2/c1-15(2)41-22-7-4-16(12-20(22)28(30,31)32)14-40-17-5-6-21-18(13-17)23(29)24-19(8-11-37(21)24)27(35,25(38)39)9-3-10-36-26(33)34;1-2(3)4/h4-7,12-13,15,19H,3,8-11,14,35H2,1-2H3,(H,38,39)(H4,33,34,36);1H3,(H,3,4)/t19?,27-;/m1./s1. The third kappa shape index (κ3) is 8.51. The van der Waals surface area contributed by atoms with Crippen molar-refractivity contribution in [1.29, 1.82) is 0 Å². The Morgan fingerprint density at radius 3 is 2.40 bits per heavy atom. The van der Waals surface area contributed by atoms with Crippen LogP contribution in [0.5, 0.6) is 11.5 Å². The number of aryl methyl sites for hydroxylation is 1. The summed E-state index contributed by atoms with van der Waals surface area (Å²) in [6.07, 6.45) is -4.00. The average molecular weight is 656 g/mol. The van der Waals surface area contributed by atoms with Crippen molar-refractivity contribution in [3.8, 4) is 11.5 Å². The van der Waals surface area contributed by atoms with Crippen molar-refractivity contribution in [3.63, 3.8) is 0 Å². The van der Waals surface area contributed by atoms with E-state index in [-0.39, 0.29) is 31.3 Å². The lowest BCUT2D eigenvalue weighted by molar-refractivity contribution is -0.144. The Labute approximate surface area is 262 Å². The summed E-state index contributed by atoms with van der Waals surface area (Å²) in [6.45, 7) is 5.04. The second-order valence-corrected chi connectivity index (χ2v) is 11.3. The van der Waals surface area contributed by atoms with Gasteiger partial charge in [0.05, 0.1) is 22.2 Å². The van der Waals surface area contributed by atoms with Crippen LogP contribution in [0.15, 0.2) is 41.4 Å². The average Bonchev–Trinajstić information content (AvgIpc) is 3.48. The Balaban J connectivity index is 0.00000130. The van der Waals surface area contributed by atoms with Gasteiger partial charge in [-0.25, -0.2) is 0 Å². The van der Waals surface area contributed by atoms with Crippen LogP contribution in [-0.2, 0) is 28.9 Å². The van der Waals surface area contributed by atoms with E-state index in [1.165, 1.54) is 12.1 Å². The van der Waals surface area contributed by atoms with Crippen LogP contribution in [0.3, 0.4) is 0 Å². The number of ether oxygens (including phenoxy) is 2. The third-order valence-corrected chi connectivity index (χ3v) is 7.56. The van der Waals surface area contributed by atoms with Crippen LogP contribution in [0.25, 0.3) is 10.9 Å². The first-order valence-corrected chi connectivity index (χ1v) is 14.4. The molecule has 3 aromatic rings. The number of aliphatic imine (C=N–C) groups is 1. The smallest absolute Gasteiger partial charge is 0.419 e. The van der Waals surface area contributed by atoms with E-state index >= 15 is 0 Å². The lowest BCUT2D eigenvalue weighted by Crippen LogP contribution is -2.52. The van der Waals surface area contributed by atoms with Gasteiger partial charge in [0, 0.05) is 37.0 Å². The van der Waals surface area contributed by atoms with Crippen molar-refractivity contribution in [2.45, 2.75) is 76.9 Å². The van der Waals surface area contributed by atoms with Gasteiger partial charge < -0.3 is 41.5 Å². The summed E-state index contributed by atoms with van der Waals surface area (Å²) < 4.78 is 54.0. The number of carboxylic acids is 2. The maximum absolute atomic E-state index is 13.6. The molecule has 0 fully saturated rings. The number of rotatable bonds is 11. The van der Waals surface area contributed by atoms with E-state index in [0.29, 0.717) is 46.8 Å². The predicted molar refractivity (Wildman–Crippen MR) is 164 cm³/mol.